The molecule has 1 aliphatic rings. The van der Waals surface area contributed by atoms with Crippen molar-refractivity contribution in [3.05, 3.63) is 0 Å². The van der Waals surface area contributed by atoms with Crippen molar-refractivity contribution in [1.82, 2.24) is 4.90 Å². The molecule has 0 spiro atoms. The van der Waals surface area contributed by atoms with Gasteiger partial charge in [-0.3, -0.25) is 4.79 Å². The highest BCUT2D eigenvalue weighted by molar-refractivity contribution is 5.79. The Kier molecular flexibility index (Phi) is 2.75. The van der Waals surface area contributed by atoms with Crippen molar-refractivity contribution in [1.29, 1.82) is 0 Å². The predicted octanol–water partition coefficient (Wildman–Crippen LogP) is 1.27. The van der Waals surface area contributed by atoms with E-state index in [0.29, 0.717) is 12.5 Å². The van der Waals surface area contributed by atoms with Crippen LogP contribution in [0, 0.1) is 18.3 Å². The minimum Gasteiger partial charge on any atom is -0.339 e. The lowest BCUT2D eigenvalue weighted by Gasteiger charge is -2.22. The van der Waals surface area contributed by atoms with Crippen LogP contribution in [0.3, 0.4) is 0 Å². The highest BCUT2D eigenvalue weighted by Gasteiger charge is 2.30. The second kappa shape index (κ2) is 3.62. The zero-order valence-corrected chi connectivity index (χ0v) is 7.71. The van der Waals surface area contributed by atoms with Crippen molar-refractivity contribution in [3.63, 3.8) is 0 Å². The summed E-state index contributed by atoms with van der Waals surface area (Å²) in [5.41, 5.74) is 0. The monoisotopic (exact) mass is 165 g/mol. The highest BCUT2D eigenvalue weighted by Crippen LogP contribution is 2.20. The molecule has 12 heavy (non-hydrogen) atoms. The van der Waals surface area contributed by atoms with E-state index in [1.807, 2.05) is 4.90 Å². The van der Waals surface area contributed by atoms with Gasteiger partial charge in [0.25, 0.3) is 0 Å². The third-order valence-corrected chi connectivity index (χ3v) is 2.52. The van der Waals surface area contributed by atoms with E-state index in [-0.39, 0.29) is 11.8 Å². The predicted molar refractivity (Wildman–Crippen MR) is 48.4 cm³/mol. The van der Waals surface area contributed by atoms with Gasteiger partial charge in [-0.25, -0.2) is 0 Å². The molecule has 1 amide bonds. The maximum Gasteiger partial charge on any atom is 0.224 e. The number of nitrogens with zero attached hydrogens (tertiary/aromatic N) is 1. The summed E-state index contributed by atoms with van der Waals surface area (Å²) in [6, 6.07) is 0.343. The van der Waals surface area contributed by atoms with Crippen LogP contribution in [0.4, 0.5) is 0 Å². The van der Waals surface area contributed by atoms with Crippen LogP contribution in [0.25, 0.3) is 0 Å². The second-order valence-electron chi connectivity index (χ2n) is 3.37. The lowest BCUT2D eigenvalue weighted by atomic mass is 10.1. The summed E-state index contributed by atoms with van der Waals surface area (Å²) in [4.78, 5) is 13.3. The molecule has 66 valence electrons. The van der Waals surface area contributed by atoms with Crippen LogP contribution in [-0.2, 0) is 4.79 Å². The summed E-state index contributed by atoms with van der Waals surface area (Å²) in [6.45, 7) is 4.91. The van der Waals surface area contributed by atoms with E-state index in [2.05, 4.69) is 19.8 Å². The van der Waals surface area contributed by atoms with Gasteiger partial charge in [0, 0.05) is 24.9 Å². The van der Waals surface area contributed by atoms with Crippen LogP contribution in [-0.4, -0.2) is 23.4 Å². The number of carbonyl (C=O) groups excluding carboxylic acids is 1. The number of amides is 1. The average molecular weight is 165 g/mol. The third kappa shape index (κ3) is 1.61. The first-order chi connectivity index (χ1) is 5.69. The molecule has 0 aromatic carbocycles. The van der Waals surface area contributed by atoms with Gasteiger partial charge in [-0.05, 0) is 13.3 Å². The van der Waals surface area contributed by atoms with Gasteiger partial charge in [0.15, 0.2) is 0 Å². The molecule has 1 aliphatic heterocycles. The molecule has 0 bridgehead atoms. The van der Waals surface area contributed by atoms with Crippen molar-refractivity contribution in [3.8, 4) is 12.3 Å². The molecule has 2 unspecified atom stereocenters. The molecule has 0 radical (unpaired) electrons. The number of hydrogen-bond donors (Lipinski definition) is 0. The lowest BCUT2D eigenvalue weighted by Crippen LogP contribution is -2.33. The molecule has 1 saturated heterocycles. The zero-order chi connectivity index (χ0) is 9.14. The van der Waals surface area contributed by atoms with E-state index in [9.17, 15) is 4.79 Å². The summed E-state index contributed by atoms with van der Waals surface area (Å²) in [5.74, 6) is 3.00. The number of carbonyl (C=O) groups is 1. The fourth-order valence-electron chi connectivity index (χ4n) is 1.49. The number of hydrogen-bond acceptors (Lipinski definition) is 1. The average Bonchev–Trinajstić information content (AvgIpc) is 2.45. The van der Waals surface area contributed by atoms with E-state index >= 15 is 0 Å². The fraction of sp³-hybridized carbons (Fsp3) is 0.700. The Morgan fingerprint density at radius 1 is 1.83 bits per heavy atom. The van der Waals surface area contributed by atoms with E-state index < -0.39 is 0 Å². The molecule has 2 nitrogen and oxygen atoms in total. The maximum atomic E-state index is 11.4. The smallest absolute Gasteiger partial charge is 0.224 e. The van der Waals surface area contributed by atoms with Gasteiger partial charge >= 0.3 is 0 Å². The zero-order valence-electron chi connectivity index (χ0n) is 7.71. The van der Waals surface area contributed by atoms with Crippen molar-refractivity contribution in [2.75, 3.05) is 6.54 Å². The van der Waals surface area contributed by atoms with E-state index in [1.165, 1.54) is 0 Å². The Labute approximate surface area is 73.9 Å². The summed E-state index contributed by atoms with van der Waals surface area (Å²) >= 11 is 0. The Balaban J connectivity index is 2.59. The molecule has 0 aromatic rings. The quantitative estimate of drug-likeness (QED) is 0.564. The van der Waals surface area contributed by atoms with Gasteiger partial charge in [-0.2, -0.15) is 0 Å². The van der Waals surface area contributed by atoms with Crippen molar-refractivity contribution in [2.45, 2.75) is 32.7 Å². The third-order valence-electron chi connectivity index (χ3n) is 2.52. The molecular formula is C10H15NO. The largest absolute Gasteiger partial charge is 0.339 e. The first-order valence-corrected chi connectivity index (χ1v) is 4.44. The summed E-state index contributed by atoms with van der Waals surface area (Å²) in [6.07, 6.45) is 6.82. The standard InChI is InChI=1S/C10H15NO/c1-4-8(3)11-7-9(5-2)6-10(11)12/h2,8-9H,4,6-7H2,1,3H3. The van der Waals surface area contributed by atoms with Crippen LogP contribution in [0.5, 0.6) is 0 Å². The summed E-state index contributed by atoms with van der Waals surface area (Å²) in [5, 5.41) is 0. The van der Waals surface area contributed by atoms with Gasteiger partial charge in [0.1, 0.15) is 0 Å². The van der Waals surface area contributed by atoms with E-state index in [0.717, 1.165) is 13.0 Å². The molecule has 1 rings (SSSR count). The minimum absolute atomic E-state index is 0.145. The summed E-state index contributed by atoms with van der Waals surface area (Å²) < 4.78 is 0. The van der Waals surface area contributed by atoms with E-state index in [1.54, 1.807) is 0 Å². The van der Waals surface area contributed by atoms with Crippen LogP contribution in [0.15, 0.2) is 0 Å². The van der Waals surface area contributed by atoms with Crippen molar-refractivity contribution < 1.29 is 4.79 Å². The number of likely N-dealkylation sites (tertiary alicyclic amines) is 1. The Hall–Kier alpha value is -0.970. The Bertz CT molecular complexity index is 216. The summed E-state index contributed by atoms with van der Waals surface area (Å²) in [7, 11) is 0. The second-order valence-corrected chi connectivity index (χ2v) is 3.37. The normalized spacial score (nSPS) is 25.6. The molecule has 2 atom stereocenters. The van der Waals surface area contributed by atoms with Crippen LogP contribution < -0.4 is 0 Å². The molecular weight excluding hydrogens is 150 g/mol. The van der Waals surface area contributed by atoms with Gasteiger partial charge in [0.05, 0.1) is 0 Å². The van der Waals surface area contributed by atoms with Gasteiger partial charge in [-0.1, -0.05) is 6.92 Å². The Morgan fingerprint density at radius 2 is 2.50 bits per heavy atom. The SMILES string of the molecule is C#CC1CC(=O)N(C(C)CC)C1. The molecule has 0 aromatic heterocycles. The van der Waals surface area contributed by atoms with Crippen LogP contribution in [0.1, 0.15) is 26.7 Å². The molecule has 2 heteroatoms. The van der Waals surface area contributed by atoms with Gasteiger partial charge < -0.3 is 4.90 Å². The number of rotatable bonds is 2. The lowest BCUT2D eigenvalue weighted by molar-refractivity contribution is -0.129. The van der Waals surface area contributed by atoms with Crippen LogP contribution in [0.2, 0.25) is 0 Å². The first kappa shape index (κ1) is 9.12. The van der Waals surface area contributed by atoms with Gasteiger partial charge in [-0.15, -0.1) is 12.3 Å². The molecule has 0 aliphatic carbocycles. The number of terminal acetylenes is 1. The molecule has 0 saturated carbocycles. The highest BCUT2D eigenvalue weighted by atomic mass is 16.2. The maximum absolute atomic E-state index is 11.4. The Morgan fingerprint density at radius 3 is 2.92 bits per heavy atom. The van der Waals surface area contributed by atoms with Crippen molar-refractivity contribution >= 4 is 5.91 Å². The van der Waals surface area contributed by atoms with Crippen molar-refractivity contribution in [2.24, 2.45) is 5.92 Å². The van der Waals surface area contributed by atoms with E-state index in [4.69, 9.17) is 6.42 Å². The first-order valence-electron chi connectivity index (χ1n) is 4.44. The van der Waals surface area contributed by atoms with Crippen LogP contribution >= 0.6 is 0 Å². The molecule has 1 heterocycles. The fourth-order valence-corrected chi connectivity index (χ4v) is 1.49. The minimum atomic E-state index is 0.145. The molecule has 1 fully saturated rings. The topological polar surface area (TPSA) is 20.3 Å². The molecule has 0 N–H and O–H groups in total. The van der Waals surface area contributed by atoms with Gasteiger partial charge in [0.2, 0.25) is 5.91 Å².